The van der Waals surface area contributed by atoms with Crippen LogP contribution in [0.2, 0.25) is 0 Å². The summed E-state index contributed by atoms with van der Waals surface area (Å²) < 4.78 is 0.665. The Bertz CT molecular complexity index is 513. The molecule has 2 rings (SSSR count). The van der Waals surface area contributed by atoms with E-state index in [0.717, 1.165) is 12.8 Å². The van der Waals surface area contributed by atoms with Crippen molar-refractivity contribution in [3.63, 3.8) is 0 Å². The molecule has 1 aromatic carbocycles. The second-order valence-electron chi connectivity index (χ2n) is 4.68. The van der Waals surface area contributed by atoms with Crippen LogP contribution in [0.15, 0.2) is 18.2 Å². The molecule has 1 aromatic rings. The number of hydrogen-bond acceptors (Lipinski definition) is 3. The number of carbonyl (C=O) groups is 2. The third-order valence-corrected chi connectivity index (χ3v) is 4.02. The molecule has 1 unspecified atom stereocenters. The molecule has 0 heterocycles. The molecule has 0 saturated heterocycles. The molecule has 1 fully saturated rings. The summed E-state index contributed by atoms with van der Waals surface area (Å²) in [5, 5.41) is 21.1. The predicted octanol–water partition coefficient (Wildman–Crippen LogP) is 1.98. The Morgan fingerprint density at radius 1 is 1.42 bits per heavy atom. The quantitative estimate of drug-likeness (QED) is 0.687. The zero-order valence-corrected chi connectivity index (χ0v) is 12.3. The summed E-state index contributed by atoms with van der Waals surface area (Å²) in [4.78, 5) is 22.8. The Labute approximate surface area is 124 Å². The van der Waals surface area contributed by atoms with E-state index in [1.54, 1.807) is 12.1 Å². The molecule has 1 aliphatic carbocycles. The van der Waals surface area contributed by atoms with E-state index in [1.165, 1.54) is 6.07 Å². The van der Waals surface area contributed by atoms with Crippen molar-refractivity contribution in [1.29, 1.82) is 0 Å². The van der Waals surface area contributed by atoms with Crippen LogP contribution in [0.4, 0.5) is 0 Å². The fourth-order valence-electron chi connectivity index (χ4n) is 1.93. The van der Waals surface area contributed by atoms with E-state index in [4.69, 9.17) is 5.11 Å². The second-order valence-corrected chi connectivity index (χ2v) is 5.84. The number of aromatic hydroxyl groups is 1. The first kappa shape index (κ1) is 14.1. The molecular formula is C13H14INO4. The lowest BCUT2D eigenvalue weighted by Gasteiger charge is -2.16. The van der Waals surface area contributed by atoms with Crippen molar-refractivity contribution < 1.29 is 19.8 Å². The zero-order valence-electron chi connectivity index (χ0n) is 10.1. The van der Waals surface area contributed by atoms with Gasteiger partial charge >= 0.3 is 5.97 Å². The molecule has 1 amide bonds. The Balaban J connectivity index is 2.05. The van der Waals surface area contributed by atoms with Gasteiger partial charge in [-0.25, -0.2) is 0 Å². The Hall–Kier alpha value is -1.31. The van der Waals surface area contributed by atoms with E-state index < -0.39 is 5.97 Å². The standard InChI is InChI=1S/C13H14INO4/c14-9-4-3-8(5-11(9)16)13(19)15-10(6-12(17)18)7-1-2-7/h3-5,7,10,16H,1-2,6H2,(H,15,19)(H,17,18). The molecule has 6 heteroatoms. The van der Waals surface area contributed by atoms with Gasteiger partial charge in [-0.2, -0.15) is 0 Å². The highest BCUT2D eigenvalue weighted by Gasteiger charge is 2.33. The molecule has 102 valence electrons. The minimum atomic E-state index is -0.914. The molecule has 0 bridgehead atoms. The van der Waals surface area contributed by atoms with Crippen LogP contribution in [-0.4, -0.2) is 28.1 Å². The maximum absolute atomic E-state index is 12.0. The van der Waals surface area contributed by atoms with Gasteiger partial charge in [-0.1, -0.05) is 0 Å². The summed E-state index contributed by atoms with van der Waals surface area (Å²) in [6.45, 7) is 0. The lowest BCUT2D eigenvalue weighted by molar-refractivity contribution is -0.137. The van der Waals surface area contributed by atoms with E-state index in [2.05, 4.69) is 5.32 Å². The van der Waals surface area contributed by atoms with Gasteiger partial charge in [-0.3, -0.25) is 9.59 Å². The number of benzene rings is 1. The van der Waals surface area contributed by atoms with Crippen LogP contribution < -0.4 is 5.32 Å². The van der Waals surface area contributed by atoms with Crippen LogP contribution in [0.5, 0.6) is 5.75 Å². The number of amides is 1. The van der Waals surface area contributed by atoms with Crippen molar-refractivity contribution in [2.45, 2.75) is 25.3 Å². The number of carbonyl (C=O) groups excluding carboxylic acids is 1. The van der Waals surface area contributed by atoms with Gasteiger partial charge in [0.15, 0.2) is 0 Å². The fraction of sp³-hybridized carbons (Fsp3) is 0.385. The van der Waals surface area contributed by atoms with Crippen LogP contribution in [0.3, 0.4) is 0 Å². The molecule has 0 radical (unpaired) electrons. The number of carboxylic acids is 1. The summed E-state index contributed by atoms with van der Waals surface area (Å²) in [7, 11) is 0. The molecule has 1 atom stereocenters. The van der Waals surface area contributed by atoms with Crippen molar-refractivity contribution in [3.8, 4) is 5.75 Å². The fourth-order valence-corrected chi connectivity index (χ4v) is 2.26. The lowest BCUT2D eigenvalue weighted by Crippen LogP contribution is -2.38. The third-order valence-electron chi connectivity index (χ3n) is 3.11. The van der Waals surface area contributed by atoms with Gasteiger partial charge in [0.05, 0.1) is 9.99 Å². The minimum absolute atomic E-state index is 0.0504. The van der Waals surface area contributed by atoms with Crippen molar-refractivity contribution in [1.82, 2.24) is 5.32 Å². The maximum atomic E-state index is 12.0. The third kappa shape index (κ3) is 3.82. The highest BCUT2D eigenvalue weighted by atomic mass is 127. The monoisotopic (exact) mass is 375 g/mol. The van der Waals surface area contributed by atoms with Crippen LogP contribution in [-0.2, 0) is 4.79 Å². The summed E-state index contributed by atoms with van der Waals surface area (Å²) in [5.41, 5.74) is 0.342. The van der Waals surface area contributed by atoms with Gasteiger partial charge in [0, 0.05) is 11.6 Å². The molecule has 5 nitrogen and oxygen atoms in total. The maximum Gasteiger partial charge on any atom is 0.305 e. The first-order chi connectivity index (χ1) is 8.97. The molecule has 1 aliphatic rings. The summed E-state index contributed by atoms with van der Waals surface area (Å²) in [5.74, 6) is -0.945. The minimum Gasteiger partial charge on any atom is -0.507 e. The van der Waals surface area contributed by atoms with Crippen LogP contribution in [0.25, 0.3) is 0 Å². The summed E-state index contributed by atoms with van der Waals surface area (Å²) in [6, 6.07) is 4.32. The van der Waals surface area contributed by atoms with Gasteiger partial charge in [-0.05, 0) is 59.5 Å². The van der Waals surface area contributed by atoms with Crippen LogP contribution in [0, 0.1) is 9.49 Å². The summed E-state index contributed by atoms with van der Waals surface area (Å²) in [6.07, 6.45) is 1.85. The number of hydrogen-bond donors (Lipinski definition) is 3. The highest BCUT2D eigenvalue weighted by Crippen LogP contribution is 2.34. The SMILES string of the molecule is O=C(O)CC(NC(=O)c1ccc(I)c(O)c1)C1CC1. The molecule has 19 heavy (non-hydrogen) atoms. The normalized spacial score (nSPS) is 15.8. The van der Waals surface area contributed by atoms with Gasteiger partial charge in [0.2, 0.25) is 0 Å². The number of carboxylic acid groups (broad SMARTS) is 1. The lowest BCUT2D eigenvalue weighted by atomic mass is 10.1. The highest BCUT2D eigenvalue weighted by molar-refractivity contribution is 14.1. The van der Waals surface area contributed by atoms with Gasteiger partial charge < -0.3 is 15.5 Å². The Morgan fingerprint density at radius 2 is 2.11 bits per heavy atom. The molecular weight excluding hydrogens is 361 g/mol. The topological polar surface area (TPSA) is 86.6 Å². The Kier molecular flexibility index (Phi) is 4.28. The number of phenols is 1. The van der Waals surface area contributed by atoms with Gasteiger partial charge in [0.1, 0.15) is 5.75 Å². The van der Waals surface area contributed by atoms with Crippen molar-refractivity contribution in [2.24, 2.45) is 5.92 Å². The van der Waals surface area contributed by atoms with E-state index >= 15 is 0 Å². The van der Waals surface area contributed by atoms with E-state index in [9.17, 15) is 14.7 Å². The number of nitrogens with one attached hydrogen (secondary N) is 1. The van der Waals surface area contributed by atoms with Crippen LogP contribution >= 0.6 is 22.6 Å². The molecule has 0 spiro atoms. The van der Waals surface area contributed by atoms with Gasteiger partial charge in [-0.15, -0.1) is 0 Å². The smallest absolute Gasteiger partial charge is 0.305 e. The molecule has 0 aliphatic heterocycles. The number of phenolic OH excluding ortho intramolecular Hbond substituents is 1. The van der Waals surface area contributed by atoms with Crippen molar-refractivity contribution >= 4 is 34.5 Å². The molecule has 0 aromatic heterocycles. The first-order valence-corrected chi connectivity index (χ1v) is 7.06. The van der Waals surface area contributed by atoms with E-state index in [0.29, 0.717) is 9.13 Å². The largest absolute Gasteiger partial charge is 0.507 e. The molecule has 3 N–H and O–H groups in total. The number of halogens is 1. The van der Waals surface area contributed by atoms with Gasteiger partial charge in [0.25, 0.3) is 5.91 Å². The predicted molar refractivity (Wildman–Crippen MR) is 77.1 cm³/mol. The number of rotatable bonds is 5. The van der Waals surface area contributed by atoms with Crippen LogP contribution in [0.1, 0.15) is 29.6 Å². The van der Waals surface area contributed by atoms with Crippen molar-refractivity contribution in [3.05, 3.63) is 27.3 Å². The van der Waals surface area contributed by atoms with E-state index in [-0.39, 0.29) is 30.0 Å². The average Bonchev–Trinajstić information content (AvgIpc) is 3.15. The van der Waals surface area contributed by atoms with Crippen molar-refractivity contribution in [2.75, 3.05) is 0 Å². The number of aliphatic carboxylic acids is 1. The Morgan fingerprint density at radius 3 is 2.63 bits per heavy atom. The zero-order chi connectivity index (χ0) is 14.0. The van der Waals surface area contributed by atoms with E-state index in [1.807, 2.05) is 22.6 Å². The molecule has 1 saturated carbocycles. The first-order valence-electron chi connectivity index (χ1n) is 5.98. The second kappa shape index (κ2) is 5.77. The average molecular weight is 375 g/mol. The summed E-state index contributed by atoms with van der Waals surface area (Å²) >= 11 is 1.97.